The second-order valence-corrected chi connectivity index (χ2v) is 9.40. The van der Waals surface area contributed by atoms with Crippen molar-refractivity contribution in [2.24, 2.45) is 5.92 Å². The van der Waals surface area contributed by atoms with E-state index >= 15 is 0 Å². The summed E-state index contributed by atoms with van der Waals surface area (Å²) >= 11 is 0. The Hall–Kier alpha value is -3.94. The predicted molar refractivity (Wildman–Crippen MR) is 137 cm³/mol. The van der Waals surface area contributed by atoms with Gasteiger partial charge in [0.05, 0.1) is 5.69 Å². The summed E-state index contributed by atoms with van der Waals surface area (Å²) in [6, 6.07) is 17.3. The molecule has 3 aromatic rings. The molecule has 1 aromatic heterocycles. The highest BCUT2D eigenvalue weighted by molar-refractivity contribution is 5.96. The van der Waals surface area contributed by atoms with Gasteiger partial charge in [-0.25, -0.2) is 9.97 Å². The molecule has 0 spiro atoms. The third kappa shape index (κ3) is 6.19. The number of carboxylic acids is 1. The van der Waals surface area contributed by atoms with E-state index in [9.17, 15) is 14.7 Å². The molecule has 0 radical (unpaired) electrons. The van der Waals surface area contributed by atoms with Gasteiger partial charge in [-0.1, -0.05) is 36.4 Å². The van der Waals surface area contributed by atoms with Crippen molar-refractivity contribution in [3.8, 4) is 5.75 Å². The normalized spacial score (nSPS) is 14.0. The molecule has 3 N–H and O–H groups in total. The molecular weight excluding hydrogens is 456 g/mol. The Kier molecular flexibility index (Phi) is 7.83. The van der Waals surface area contributed by atoms with E-state index < -0.39 is 18.4 Å². The molecule has 1 amide bonds. The third-order valence-electron chi connectivity index (χ3n) is 6.76. The number of nitrogens with zero attached hydrogens (tertiary/aromatic N) is 3. The van der Waals surface area contributed by atoms with Crippen LogP contribution in [-0.4, -0.2) is 51.7 Å². The minimum atomic E-state index is -1.17. The summed E-state index contributed by atoms with van der Waals surface area (Å²) in [5.41, 5.74) is 5.30. The number of carboxylic acid groups (broad SMARTS) is 1. The average Bonchev–Trinajstić information content (AvgIpc) is 2.87. The van der Waals surface area contributed by atoms with Crippen molar-refractivity contribution >= 4 is 17.6 Å². The SMILES string of the molecule is Cc1ccccc1Cc1ccc(N2CCC(Cc3nc(C)c(O)c(C(=O)NCC(=O)O)n3)CC2)cc1. The zero-order valence-electron chi connectivity index (χ0n) is 20.7. The lowest BCUT2D eigenvalue weighted by molar-refractivity contribution is -0.135. The molecule has 36 heavy (non-hydrogen) atoms. The summed E-state index contributed by atoms with van der Waals surface area (Å²) in [6.07, 6.45) is 3.46. The van der Waals surface area contributed by atoms with Crippen molar-refractivity contribution in [2.75, 3.05) is 24.5 Å². The number of nitrogens with one attached hydrogen (secondary N) is 1. The third-order valence-corrected chi connectivity index (χ3v) is 6.76. The maximum Gasteiger partial charge on any atom is 0.322 e. The fraction of sp³-hybridized carbons (Fsp3) is 0.357. The first-order chi connectivity index (χ1) is 17.3. The van der Waals surface area contributed by atoms with Gasteiger partial charge in [0.15, 0.2) is 11.4 Å². The number of hydrogen-bond donors (Lipinski definition) is 3. The molecule has 0 atom stereocenters. The highest BCUT2D eigenvalue weighted by Crippen LogP contribution is 2.27. The number of carbonyl (C=O) groups is 2. The quantitative estimate of drug-likeness (QED) is 0.443. The lowest BCUT2D eigenvalue weighted by atomic mass is 9.92. The van der Waals surface area contributed by atoms with Gasteiger partial charge in [0.1, 0.15) is 12.4 Å². The fourth-order valence-electron chi connectivity index (χ4n) is 4.62. The first-order valence-electron chi connectivity index (χ1n) is 12.2. The lowest BCUT2D eigenvalue weighted by Crippen LogP contribution is -2.34. The number of rotatable bonds is 8. The van der Waals surface area contributed by atoms with Crippen LogP contribution in [-0.2, 0) is 17.6 Å². The summed E-state index contributed by atoms with van der Waals surface area (Å²) in [4.78, 5) is 34.0. The maximum atomic E-state index is 12.3. The minimum absolute atomic E-state index is 0.179. The summed E-state index contributed by atoms with van der Waals surface area (Å²) in [6.45, 7) is 5.06. The first-order valence-corrected chi connectivity index (χ1v) is 12.2. The van der Waals surface area contributed by atoms with Gasteiger partial charge in [0.25, 0.3) is 5.91 Å². The zero-order chi connectivity index (χ0) is 25.7. The Morgan fingerprint density at radius 1 is 1.03 bits per heavy atom. The summed E-state index contributed by atoms with van der Waals surface area (Å²) in [5.74, 6) is -1.35. The van der Waals surface area contributed by atoms with Gasteiger partial charge in [-0.05, 0) is 67.9 Å². The van der Waals surface area contributed by atoms with E-state index in [0.29, 0.717) is 23.9 Å². The predicted octanol–water partition coefficient (Wildman–Crippen LogP) is 3.66. The number of hydrogen-bond acceptors (Lipinski definition) is 6. The second kappa shape index (κ2) is 11.2. The van der Waals surface area contributed by atoms with Gasteiger partial charge in [-0.3, -0.25) is 9.59 Å². The van der Waals surface area contributed by atoms with E-state index in [1.807, 2.05) is 0 Å². The van der Waals surface area contributed by atoms with Crippen LogP contribution in [0.25, 0.3) is 0 Å². The van der Waals surface area contributed by atoms with Crippen LogP contribution in [0.2, 0.25) is 0 Å². The van der Waals surface area contributed by atoms with Crippen molar-refractivity contribution in [3.05, 3.63) is 82.4 Å². The number of aromatic hydroxyl groups is 1. The van der Waals surface area contributed by atoms with Crippen LogP contribution in [0.1, 0.15) is 51.5 Å². The summed E-state index contributed by atoms with van der Waals surface area (Å²) in [7, 11) is 0. The Morgan fingerprint density at radius 3 is 2.39 bits per heavy atom. The Labute approximate surface area is 211 Å². The molecule has 0 saturated carbocycles. The number of aryl methyl sites for hydroxylation is 2. The lowest BCUT2D eigenvalue weighted by Gasteiger charge is -2.33. The molecule has 1 aliphatic rings. The monoisotopic (exact) mass is 488 g/mol. The Bertz CT molecular complexity index is 1230. The minimum Gasteiger partial charge on any atom is -0.504 e. The molecule has 188 valence electrons. The van der Waals surface area contributed by atoms with Gasteiger partial charge in [-0.2, -0.15) is 0 Å². The van der Waals surface area contributed by atoms with E-state index in [-0.39, 0.29) is 11.4 Å². The zero-order valence-corrected chi connectivity index (χ0v) is 20.7. The van der Waals surface area contributed by atoms with Crippen LogP contribution in [0.4, 0.5) is 5.69 Å². The van der Waals surface area contributed by atoms with E-state index in [1.165, 1.54) is 22.4 Å². The number of amides is 1. The largest absolute Gasteiger partial charge is 0.504 e. The van der Waals surface area contributed by atoms with Crippen LogP contribution < -0.4 is 10.2 Å². The number of anilines is 1. The Morgan fingerprint density at radius 2 is 1.72 bits per heavy atom. The molecule has 1 aliphatic heterocycles. The molecule has 2 aromatic carbocycles. The number of aliphatic carboxylic acids is 1. The standard InChI is InChI=1S/C28H32N4O4/c1-18-5-3-4-6-22(18)15-20-7-9-23(10-8-20)32-13-11-21(12-14-32)16-24-30-19(2)27(35)26(31-24)28(36)29-17-25(33)34/h3-10,21,35H,11-17H2,1-2H3,(H,29,36)(H,33,34). The molecular formula is C28H32N4O4. The van der Waals surface area contributed by atoms with Crippen LogP contribution in [0.3, 0.4) is 0 Å². The molecule has 0 aliphatic carbocycles. The molecule has 0 bridgehead atoms. The van der Waals surface area contributed by atoms with Crippen molar-refractivity contribution in [2.45, 2.75) is 39.5 Å². The van der Waals surface area contributed by atoms with Crippen LogP contribution in [0.15, 0.2) is 48.5 Å². The number of carbonyl (C=O) groups excluding carboxylic acids is 1. The van der Waals surface area contributed by atoms with Crippen molar-refractivity contribution in [1.29, 1.82) is 0 Å². The van der Waals surface area contributed by atoms with Crippen LogP contribution in [0, 0.1) is 19.8 Å². The molecule has 8 nitrogen and oxygen atoms in total. The number of piperidine rings is 1. The number of aromatic nitrogens is 2. The van der Waals surface area contributed by atoms with Gasteiger partial charge in [-0.15, -0.1) is 0 Å². The fourth-order valence-corrected chi connectivity index (χ4v) is 4.62. The van der Waals surface area contributed by atoms with Crippen LogP contribution >= 0.6 is 0 Å². The molecule has 0 unspecified atom stereocenters. The Balaban J connectivity index is 1.34. The van der Waals surface area contributed by atoms with E-state index in [4.69, 9.17) is 5.11 Å². The number of benzene rings is 2. The highest BCUT2D eigenvalue weighted by atomic mass is 16.4. The molecule has 1 saturated heterocycles. The molecule has 8 heteroatoms. The maximum absolute atomic E-state index is 12.3. The smallest absolute Gasteiger partial charge is 0.322 e. The van der Waals surface area contributed by atoms with Gasteiger partial charge in [0.2, 0.25) is 0 Å². The van der Waals surface area contributed by atoms with Crippen molar-refractivity contribution < 1.29 is 19.8 Å². The first kappa shape index (κ1) is 25.2. The highest BCUT2D eigenvalue weighted by Gasteiger charge is 2.23. The van der Waals surface area contributed by atoms with E-state index in [0.717, 1.165) is 32.4 Å². The average molecular weight is 489 g/mol. The van der Waals surface area contributed by atoms with Crippen molar-refractivity contribution in [1.82, 2.24) is 15.3 Å². The van der Waals surface area contributed by atoms with E-state index in [1.54, 1.807) is 6.92 Å². The summed E-state index contributed by atoms with van der Waals surface area (Å²) in [5, 5.41) is 21.2. The van der Waals surface area contributed by atoms with E-state index in [2.05, 4.69) is 75.6 Å². The molecule has 4 rings (SSSR count). The molecule has 2 heterocycles. The summed E-state index contributed by atoms with van der Waals surface area (Å²) < 4.78 is 0. The van der Waals surface area contributed by atoms with Gasteiger partial charge < -0.3 is 20.4 Å². The topological polar surface area (TPSA) is 116 Å². The van der Waals surface area contributed by atoms with Crippen LogP contribution in [0.5, 0.6) is 5.75 Å². The molecule has 1 fully saturated rings. The van der Waals surface area contributed by atoms with Gasteiger partial charge in [0, 0.05) is 25.2 Å². The van der Waals surface area contributed by atoms with Crippen molar-refractivity contribution in [3.63, 3.8) is 0 Å². The second-order valence-electron chi connectivity index (χ2n) is 9.40. The van der Waals surface area contributed by atoms with Gasteiger partial charge >= 0.3 is 5.97 Å².